The van der Waals surface area contributed by atoms with Gasteiger partial charge in [0.25, 0.3) is 0 Å². The Hall–Kier alpha value is -1.85. The molecular formula is C11H18N6. The van der Waals surface area contributed by atoms with Crippen LogP contribution in [0, 0.1) is 0 Å². The highest BCUT2D eigenvalue weighted by atomic mass is 15.2. The molecule has 2 N–H and O–H groups in total. The lowest BCUT2D eigenvalue weighted by molar-refractivity contribution is 0.780. The third-order valence-corrected chi connectivity index (χ3v) is 2.66. The van der Waals surface area contributed by atoms with Crippen LogP contribution in [-0.4, -0.2) is 40.1 Å². The first-order valence-electron chi connectivity index (χ1n) is 5.94. The molecule has 0 atom stereocenters. The van der Waals surface area contributed by atoms with E-state index in [1.165, 1.54) is 0 Å². The van der Waals surface area contributed by atoms with Gasteiger partial charge in [0.05, 0.1) is 6.33 Å². The third-order valence-electron chi connectivity index (χ3n) is 2.66. The van der Waals surface area contributed by atoms with Crippen molar-refractivity contribution in [3.63, 3.8) is 0 Å². The van der Waals surface area contributed by atoms with E-state index in [4.69, 9.17) is 0 Å². The molecule has 17 heavy (non-hydrogen) atoms. The van der Waals surface area contributed by atoms with Gasteiger partial charge in [-0.05, 0) is 13.3 Å². The Bertz CT molecular complexity index is 492. The van der Waals surface area contributed by atoms with E-state index < -0.39 is 0 Å². The lowest BCUT2D eigenvalue weighted by atomic mass is 10.3. The highest BCUT2D eigenvalue weighted by Gasteiger charge is 2.14. The van der Waals surface area contributed by atoms with E-state index in [9.17, 15) is 0 Å². The molecule has 0 aliphatic heterocycles. The van der Waals surface area contributed by atoms with Gasteiger partial charge in [0.15, 0.2) is 11.5 Å². The maximum absolute atomic E-state index is 4.51. The Labute approximate surface area is 100 Å². The van der Waals surface area contributed by atoms with Gasteiger partial charge in [-0.15, -0.1) is 0 Å². The number of aromatic nitrogens is 4. The van der Waals surface area contributed by atoms with Gasteiger partial charge < -0.3 is 15.2 Å². The summed E-state index contributed by atoms with van der Waals surface area (Å²) >= 11 is 0. The topological polar surface area (TPSA) is 69.7 Å². The molecule has 0 bridgehead atoms. The maximum Gasteiger partial charge on any atom is 0.226 e. The number of fused-ring (bicyclic) bond motifs is 1. The molecule has 0 saturated carbocycles. The predicted octanol–water partition coefficient (Wildman–Crippen LogP) is 1.63. The molecule has 6 nitrogen and oxygen atoms in total. The van der Waals surface area contributed by atoms with Gasteiger partial charge >= 0.3 is 0 Å². The van der Waals surface area contributed by atoms with Crippen LogP contribution in [0.3, 0.4) is 0 Å². The average Bonchev–Trinajstić information content (AvgIpc) is 2.82. The Morgan fingerprint density at radius 1 is 1.35 bits per heavy atom. The fourth-order valence-electron chi connectivity index (χ4n) is 1.84. The zero-order chi connectivity index (χ0) is 12.3. The van der Waals surface area contributed by atoms with Crippen LogP contribution < -0.4 is 10.2 Å². The van der Waals surface area contributed by atoms with Gasteiger partial charge in [-0.1, -0.05) is 6.92 Å². The summed E-state index contributed by atoms with van der Waals surface area (Å²) in [5, 5.41) is 2.97. The van der Waals surface area contributed by atoms with Gasteiger partial charge in [0.2, 0.25) is 5.95 Å². The number of imidazole rings is 1. The number of hydrogen-bond acceptors (Lipinski definition) is 5. The zero-order valence-electron chi connectivity index (χ0n) is 10.5. The zero-order valence-corrected chi connectivity index (χ0v) is 10.5. The normalized spacial score (nSPS) is 10.8. The molecule has 0 unspecified atom stereocenters. The minimum atomic E-state index is 0.606. The summed E-state index contributed by atoms with van der Waals surface area (Å²) in [7, 11) is 1.81. The lowest BCUT2D eigenvalue weighted by Gasteiger charge is -2.21. The van der Waals surface area contributed by atoms with Crippen molar-refractivity contribution in [1.82, 2.24) is 19.9 Å². The number of nitrogens with zero attached hydrogens (tertiary/aromatic N) is 4. The fraction of sp³-hybridized carbons (Fsp3) is 0.545. The summed E-state index contributed by atoms with van der Waals surface area (Å²) in [4.78, 5) is 18.3. The highest BCUT2D eigenvalue weighted by molar-refractivity contribution is 5.84. The maximum atomic E-state index is 4.51. The van der Waals surface area contributed by atoms with E-state index in [0.717, 1.165) is 30.8 Å². The number of anilines is 2. The molecule has 0 saturated heterocycles. The van der Waals surface area contributed by atoms with Crippen LogP contribution in [0.15, 0.2) is 6.33 Å². The van der Waals surface area contributed by atoms with Crippen LogP contribution in [0.1, 0.15) is 20.3 Å². The van der Waals surface area contributed by atoms with Crippen LogP contribution in [-0.2, 0) is 0 Å². The fourth-order valence-corrected chi connectivity index (χ4v) is 1.84. The minimum absolute atomic E-state index is 0.606. The Balaban J connectivity index is 2.52. The minimum Gasteiger partial charge on any atom is -0.357 e. The Morgan fingerprint density at radius 3 is 2.82 bits per heavy atom. The first kappa shape index (κ1) is 11.6. The standard InChI is InChI=1S/C11H18N6/c1-4-6-17(5-2)10-8-9(14-7-13-8)15-11(12-3)16-10/h7H,4-6H2,1-3H3,(H2,12,13,14,15,16). The molecule has 0 aliphatic carbocycles. The van der Waals surface area contributed by atoms with E-state index in [1.54, 1.807) is 6.33 Å². The molecule has 2 aromatic rings. The summed E-state index contributed by atoms with van der Waals surface area (Å²) in [6.07, 6.45) is 2.74. The predicted molar refractivity (Wildman–Crippen MR) is 69.4 cm³/mol. The van der Waals surface area contributed by atoms with Crippen molar-refractivity contribution in [3.8, 4) is 0 Å². The van der Waals surface area contributed by atoms with Crippen LogP contribution in [0.5, 0.6) is 0 Å². The van der Waals surface area contributed by atoms with Crippen LogP contribution in [0.25, 0.3) is 11.2 Å². The van der Waals surface area contributed by atoms with Crippen molar-refractivity contribution < 1.29 is 0 Å². The second-order valence-electron chi connectivity index (χ2n) is 3.80. The Morgan fingerprint density at radius 2 is 2.18 bits per heavy atom. The summed E-state index contributed by atoms with van der Waals surface area (Å²) < 4.78 is 0. The number of nitrogens with one attached hydrogen (secondary N) is 2. The first-order valence-corrected chi connectivity index (χ1v) is 5.94. The van der Waals surface area contributed by atoms with Gasteiger partial charge in [0.1, 0.15) is 5.52 Å². The summed E-state index contributed by atoms with van der Waals surface area (Å²) in [5.74, 6) is 1.52. The van der Waals surface area contributed by atoms with Crippen molar-refractivity contribution in [1.29, 1.82) is 0 Å². The van der Waals surface area contributed by atoms with Gasteiger partial charge in [-0.3, -0.25) is 0 Å². The molecule has 92 valence electrons. The van der Waals surface area contributed by atoms with Crippen molar-refractivity contribution in [2.45, 2.75) is 20.3 Å². The Kier molecular flexibility index (Phi) is 3.41. The van der Waals surface area contributed by atoms with E-state index in [-0.39, 0.29) is 0 Å². The molecule has 2 heterocycles. The third kappa shape index (κ3) is 2.15. The van der Waals surface area contributed by atoms with E-state index in [2.05, 4.69) is 44.0 Å². The van der Waals surface area contributed by atoms with Gasteiger partial charge in [0, 0.05) is 20.1 Å². The number of H-pyrrole nitrogens is 1. The van der Waals surface area contributed by atoms with E-state index >= 15 is 0 Å². The van der Waals surface area contributed by atoms with E-state index in [0.29, 0.717) is 11.6 Å². The molecule has 6 heteroatoms. The van der Waals surface area contributed by atoms with Gasteiger partial charge in [-0.2, -0.15) is 9.97 Å². The van der Waals surface area contributed by atoms with Crippen molar-refractivity contribution >= 4 is 22.9 Å². The molecule has 0 aromatic carbocycles. The van der Waals surface area contributed by atoms with Crippen molar-refractivity contribution in [2.75, 3.05) is 30.4 Å². The highest BCUT2D eigenvalue weighted by Crippen LogP contribution is 2.22. The van der Waals surface area contributed by atoms with Crippen LogP contribution in [0.4, 0.5) is 11.8 Å². The van der Waals surface area contributed by atoms with Crippen LogP contribution in [0.2, 0.25) is 0 Å². The molecule has 0 radical (unpaired) electrons. The largest absolute Gasteiger partial charge is 0.357 e. The average molecular weight is 234 g/mol. The SMILES string of the molecule is CCCN(CC)c1nc(NC)nc2nc[nH]c12. The number of rotatable bonds is 5. The molecule has 0 spiro atoms. The molecule has 0 fully saturated rings. The monoisotopic (exact) mass is 234 g/mol. The van der Waals surface area contributed by atoms with Crippen molar-refractivity contribution in [2.24, 2.45) is 0 Å². The molecule has 2 rings (SSSR count). The summed E-state index contributed by atoms with van der Waals surface area (Å²) in [5.41, 5.74) is 1.60. The van der Waals surface area contributed by atoms with Crippen LogP contribution >= 0.6 is 0 Å². The number of hydrogen-bond donors (Lipinski definition) is 2. The molecule has 0 aliphatic rings. The lowest BCUT2D eigenvalue weighted by Crippen LogP contribution is -2.25. The number of aromatic amines is 1. The second kappa shape index (κ2) is 4.99. The van der Waals surface area contributed by atoms with Gasteiger partial charge in [-0.25, -0.2) is 4.98 Å². The quantitative estimate of drug-likeness (QED) is 0.823. The van der Waals surface area contributed by atoms with Crippen molar-refractivity contribution in [3.05, 3.63) is 6.33 Å². The molecular weight excluding hydrogens is 216 g/mol. The smallest absolute Gasteiger partial charge is 0.226 e. The second-order valence-corrected chi connectivity index (χ2v) is 3.80. The van der Waals surface area contributed by atoms with E-state index in [1.807, 2.05) is 7.05 Å². The summed E-state index contributed by atoms with van der Waals surface area (Å²) in [6.45, 7) is 6.18. The first-order chi connectivity index (χ1) is 8.30. The molecule has 2 aromatic heterocycles. The summed E-state index contributed by atoms with van der Waals surface area (Å²) in [6, 6.07) is 0. The molecule has 0 amide bonds.